The van der Waals surface area contributed by atoms with Crippen molar-refractivity contribution in [1.29, 1.82) is 0 Å². The number of benzene rings is 2. The van der Waals surface area contributed by atoms with Gasteiger partial charge in [0.25, 0.3) is 0 Å². The van der Waals surface area contributed by atoms with Crippen LogP contribution in [-0.2, 0) is 0 Å². The Morgan fingerprint density at radius 3 is 2.40 bits per heavy atom. The Kier molecular flexibility index (Phi) is 3.28. The fourth-order valence-electron chi connectivity index (χ4n) is 2.44. The summed E-state index contributed by atoms with van der Waals surface area (Å²) in [4.78, 5) is 14.4. The molecule has 0 saturated heterocycles. The van der Waals surface area contributed by atoms with Crippen molar-refractivity contribution in [1.82, 2.24) is 4.90 Å². The van der Waals surface area contributed by atoms with Gasteiger partial charge in [0.15, 0.2) is 5.78 Å². The number of likely N-dealkylation sites (N-methyl/N-ethyl adjacent to an activating group) is 1. The summed E-state index contributed by atoms with van der Waals surface area (Å²) >= 11 is 0. The third-order valence-electron chi connectivity index (χ3n) is 3.50. The van der Waals surface area contributed by atoms with Gasteiger partial charge in [-0.2, -0.15) is 0 Å². The first-order chi connectivity index (χ1) is 9.66. The topological polar surface area (TPSA) is 29.5 Å². The van der Waals surface area contributed by atoms with Gasteiger partial charge in [0.1, 0.15) is 12.4 Å². The number of hydrogen-bond donors (Lipinski definition) is 0. The van der Waals surface area contributed by atoms with Crippen molar-refractivity contribution in [2.75, 3.05) is 27.2 Å². The van der Waals surface area contributed by atoms with Crippen LogP contribution < -0.4 is 4.74 Å². The van der Waals surface area contributed by atoms with Crippen molar-refractivity contribution < 1.29 is 9.53 Å². The van der Waals surface area contributed by atoms with Gasteiger partial charge in [-0.15, -0.1) is 0 Å². The van der Waals surface area contributed by atoms with Crippen LogP contribution in [0.15, 0.2) is 42.5 Å². The minimum Gasteiger partial charge on any atom is -0.492 e. The molecule has 0 fully saturated rings. The van der Waals surface area contributed by atoms with Gasteiger partial charge in [-0.1, -0.05) is 24.3 Å². The zero-order valence-electron chi connectivity index (χ0n) is 11.7. The number of ether oxygens (including phenoxy) is 1. The first-order valence-electron chi connectivity index (χ1n) is 6.72. The molecule has 20 heavy (non-hydrogen) atoms. The molecule has 0 N–H and O–H groups in total. The van der Waals surface area contributed by atoms with E-state index < -0.39 is 0 Å². The highest BCUT2D eigenvalue weighted by Gasteiger charge is 2.26. The summed E-state index contributed by atoms with van der Waals surface area (Å²) in [5, 5.41) is 0. The molecule has 0 unspecified atom stereocenters. The second kappa shape index (κ2) is 5.10. The highest BCUT2D eigenvalue weighted by atomic mass is 16.5. The van der Waals surface area contributed by atoms with Crippen LogP contribution in [0.5, 0.6) is 5.75 Å². The molecular weight excluding hydrogens is 250 g/mol. The summed E-state index contributed by atoms with van der Waals surface area (Å²) in [6.07, 6.45) is 0. The molecule has 0 aliphatic heterocycles. The van der Waals surface area contributed by atoms with Gasteiger partial charge in [0, 0.05) is 17.7 Å². The lowest BCUT2D eigenvalue weighted by atomic mass is 10.1. The zero-order valence-corrected chi connectivity index (χ0v) is 11.7. The number of carbonyl (C=O) groups excluding carboxylic acids is 1. The first kappa shape index (κ1) is 12.9. The number of rotatable bonds is 4. The lowest BCUT2D eigenvalue weighted by molar-refractivity contribution is 0.104. The van der Waals surface area contributed by atoms with Crippen molar-refractivity contribution in [3.8, 4) is 16.9 Å². The van der Waals surface area contributed by atoms with E-state index in [0.717, 1.165) is 34.5 Å². The molecule has 2 aromatic rings. The van der Waals surface area contributed by atoms with Gasteiger partial charge >= 0.3 is 0 Å². The average molecular weight is 267 g/mol. The fourth-order valence-corrected chi connectivity index (χ4v) is 2.44. The van der Waals surface area contributed by atoms with E-state index in [1.165, 1.54) is 0 Å². The molecule has 2 aromatic carbocycles. The molecule has 1 aliphatic carbocycles. The van der Waals surface area contributed by atoms with E-state index in [1.54, 1.807) is 0 Å². The van der Waals surface area contributed by atoms with E-state index in [2.05, 4.69) is 4.90 Å². The summed E-state index contributed by atoms with van der Waals surface area (Å²) in [5.41, 5.74) is 3.55. The summed E-state index contributed by atoms with van der Waals surface area (Å²) in [6, 6.07) is 13.5. The monoisotopic (exact) mass is 267 g/mol. The molecule has 3 nitrogen and oxygen atoms in total. The van der Waals surface area contributed by atoms with Crippen molar-refractivity contribution >= 4 is 5.78 Å². The van der Waals surface area contributed by atoms with Crippen LogP contribution in [0.25, 0.3) is 11.1 Å². The Morgan fingerprint density at radius 2 is 1.65 bits per heavy atom. The Hall–Kier alpha value is -2.13. The second-order valence-electron chi connectivity index (χ2n) is 5.23. The van der Waals surface area contributed by atoms with Gasteiger partial charge < -0.3 is 9.64 Å². The van der Waals surface area contributed by atoms with Crippen LogP contribution in [-0.4, -0.2) is 37.9 Å². The SMILES string of the molecule is CN(C)CCOc1ccc2c(c1)C(=O)c1ccccc1-2. The van der Waals surface area contributed by atoms with Crippen molar-refractivity contribution in [3.63, 3.8) is 0 Å². The van der Waals surface area contributed by atoms with Crippen LogP contribution in [0.1, 0.15) is 15.9 Å². The molecule has 0 amide bonds. The van der Waals surface area contributed by atoms with Gasteiger partial charge in [-0.25, -0.2) is 0 Å². The number of ketones is 1. The quantitative estimate of drug-likeness (QED) is 0.728. The summed E-state index contributed by atoms with van der Waals surface area (Å²) in [6.45, 7) is 1.47. The number of nitrogens with zero attached hydrogens (tertiary/aromatic N) is 1. The number of fused-ring (bicyclic) bond motifs is 3. The maximum atomic E-state index is 12.4. The molecule has 0 radical (unpaired) electrons. The molecule has 0 bridgehead atoms. The van der Waals surface area contributed by atoms with E-state index >= 15 is 0 Å². The minimum atomic E-state index is 0.0914. The van der Waals surface area contributed by atoms with E-state index in [-0.39, 0.29) is 5.78 Å². The smallest absolute Gasteiger partial charge is 0.194 e. The molecule has 1 aliphatic rings. The van der Waals surface area contributed by atoms with Crippen LogP contribution in [0, 0.1) is 0 Å². The normalized spacial score (nSPS) is 12.4. The Labute approximate surface area is 118 Å². The Balaban J connectivity index is 1.87. The fraction of sp³-hybridized carbons (Fsp3) is 0.235. The largest absolute Gasteiger partial charge is 0.492 e. The third kappa shape index (κ3) is 2.21. The predicted molar refractivity (Wildman–Crippen MR) is 79.4 cm³/mol. The number of hydrogen-bond acceptors (Lipinski definition) is 3. The maximum absolute atomic E-state index is 12.4. The lowest BCUT2D eigenvalue weighted by Gasteiger charge is -2.11. The maximum Gasteiger partial charge on any atom is 0.194 e. The lowest BCUT2D eigenvalue weighted by Crippen LogP contribution is -2.19. The van der Waals surface area contributed by atoms with Gasteiger partial charge in [0.05, 0.1) is 0 Å². The standard InChI is InChI=1S/C17H17NO2/c1-18(2)9-10-20-12-7-8-14-13-5-3-4-6-15(13)17(19)16(14)11-12/h3-8,11H,9-10H2,1-2H3. The molecule has 0 atom stereocenters. The van der Waals surface area contributed by atoms with E-state index in [9.17, 15) is 4.79 Å². The molecule has 0 saturated carbocycles. The van der Waals surface area contributed by atoms with Crippen molar-refractivity contribution in [3.05, 3.63) is 53.6 Å². The van der Waals surface area contributed by atoms with Crippen LogP contribution in [0.2, 0.25) is 0 Å². The van der Waals surface area contributed by atoms with Crippen molar-refractivity contribution in [2.45, 2.75) is 0 Å². The van der Waals surface area contributed by atoms with Crippen molar-refractivity contribution in [2.24, 2.45) is 0 Å². The summed E-state index contributed by atoms with van der Waals surface area (Å²) < 4.78 is 5.70. The molecule has 0 spiro atoms. The van der Waals surface area contributed by atoms with E-state index in [4.69, 9.17) is 4.74 Å². The van der Waals surface area contributed by atoms with Crippen LogP contribution >= 0.6 is 0 Å². The summed E-state index contributed by atoms with van der Waals surface area (Å²) in [7, 11) is 4.01. The van der Waals surface area contributed by atoms with Gasteiger partial charge in [-0.3, -0.25) is 4.79 Å². The minimum absolute atomic E-state index is 0.0914. The molecule has 3 heteroatoms. The van der Waals surface area contributed by atoms with E-state index in [0.29, 0.717) is 6.61 Å². The molecule has 102 valence electrons. The van der Waals surface area contributed by atoms with Crippen LogP contribution in [0.4, 0.5) is 0 Å². The Bertz CT molecular complexity index is 662. The Morgan fingerprint density at radius 1 is 0.950 bits per heavy atom. The first-order valence-corrected chi connectivity index (χ1v) is 6.72. The predicted octanol–water partition coefficient (Wildman–Crippen LogP) is 2.84. The molecular formula is C17H17NO2. The molecule has 0 heterocycles. The van der Waals surface area contributed by atoms with Gasteiger partial charge in [0.2, 0.25) is 0 Å². The highest BCUT2D eigenvalue weighted by molar-refractivity contribution is 6.21. The molecule has 0 aromatic heterocycles. The third-order valence-corrected chi connectivity index (χ3v) is 3.50. The van der Waals surface area contributed by atoms with Crippen LogP contribution in [0.3, 0.4) is 0 Å². The van der Waals surface area contributed by atoms with E-state index in [1.807, 2.05) is 56.6 Å². The summed E-state index contributed by atoms with van der Waals surface area (Å²) in [5.74, 6) is 0.848. The number of carbonyl (C=O) groups is 1. The second-order valence-corrected chi connectivity index (χ2v) is 5.23. The molecule has 3 rings (SSSR count). The van der Waals surface area contributed by atoms with Gasteiger partial charge in [-0.05, 0) is 43.4 Å². The highest BCUT2D eigenvalue weighted by Crippen LogP contribution is 2.37. The zero-order chi connectivity index (χ0) is 14.1. The average Bonchev–Trinajstić information content (AvgIpc) is 2.73.